The van der Waals surface area contributed by atoms with Gasteiger partial charge in [-0.1, -0.05) is 43.9 Å². The summed E-state index contributed by atoms with van der Waals surface area (Å²) in [6.07, 6.45) is 6.35. The monoisotopic (exact) mass is 579 g/mol. The Hall–Kier alpha value is -3.41. The van der Waals surface area contributed by atoms with Gasteiger partial charge in [-0.15, -0.1) is 6.58 Å². The van der Waals surface area contributed by atoms with Crippen LogP contribution in [0, 0.1) is 5.92 Å². The predicted molar refractivity (Wildman–Crippen MR) is 150 cm³/mol. The van der Waals surface area contributed by atoms with Crippen molar-refractivity contribution in [2.75, 3.05) is 12.4 Å². The van der Waals surface area contributed by atoms with E-state index in [1.54, 1.807) is 26.8 Å². The van der Waals surface area contributed by atoms with Gasteiger partial charge in [0.15, 0.2) is 0 Å². The van der Waals surface area contributed by atoms with Crippen LogP contribution in [0.5, 0.6) is 0 Å². The van der Waals surface area contributed by atoms with Crippen molar-refractivity contribution in [1.82, 2.24) is 10.0 Å². The van der Waals surface area contributed by atoms with Crippen molar-refractivity contribution in [2.24, 2.45) is 5.92 Å². The Morgan fingerprint density at radius 1 is 1.02 bits per heavy atom. The van der Waals surface area contributed by atoms with Gasteiger partial charge in [0.2, 0.25) is 5.91 Å². The maximum Gasteiger partial charge on any atom is 0.408 e. The van der Waals surface area contributed by atoms with Gasteiger partial charge in [0.05, 0.1) is 12.8 Å². The van der Waals surface area contributed by atoms with Crippen molar-refractivity contribution in [3.63, 3.8) is 0 Å². The first kappa shape index (κ1) is 32.8. The minimum Gasteiger partial charge on any atom is -0.469 e. The first-order valence-corrected chi connectivity index (χ1v) is 14.9. The van der Waals surface area contributed by atoms with Crippen LogP contribution in [0.3, 0.4) is 0 Å². The number of ether oxygens (including phenoxy) is 2. The average Bonchev–Trinajstić information content (AvgIpc) is 3.58. The maximum absolute atomic E-state index is 13.2. The SMILES string of the molecule is C=C[C@@H]1C[C@]1(NC(=O)OC(C)(C)C)C(=O)NS(=O)(=O)c1ccccc1NC(=O)CCCCCCCCC(=O)OC. The molecular formula is C28H41N3O8S. The van der Waals surface area contributed by atoms with Crippen LogP contribution in [-0.2, 0) is 33.9 Å². The highest BCUT2D eigenvalue weighted by Gasteiger charge is 2.61. The molecule has 0 heterocycles. The molecule has 222 valence electrons. The van der Waals surface area contributed by atoms with Crippen LogP contribution in [0.15, 0.2) is 41.8 Å². The summed E-state index contributed by atoms with van der Waals surface area (Å²) in [5, 5.41) is 5.12. The highest BCUT2D eigenvalue weighted by molar-refractivity contribution is 7.90. The summed E-state index contributed by atoms with van der Waals surface area (Å²) in [7, 11) is -3.03. The summed E-state index contributed by atoms with van der Waals surface area (Å²) in [5.74, 6) is -1.96. The molecule has 40 heavy (non-hydrogen) atoms. The van der Waals surface area contributed by atoms with Crippen LogP contribution in [0.25, 0.3) is 0 Å². The van der Waals surface area contributed by atoms with E-state index in [0.29, 0.717) is 12.8 Å². The van der Waals surface area contributed by atoms with Gasteiger partial charge < -0.3 is 20.1 Å². The zero-order chi connectivity index (χ0) is 30.0. The Bertz CT molecular complexity index is 1190. The van der Waals surface area contributed by atoms with Gasteiger partial charge in [-0.25, -0.2) is 17.9 Å². The Kier molecular flexibility index (Phi) is 11.7. The standard InChI is InChI=1S/C28H41N3O8S/c1-6-20-19-28(20,30-26(35)39-27(2,3)4)25(34)31-40(36,37)22-16-14-13-15-21(22)29-23(32)17-11-9-7-8-10-12-18-24(33)38-5/h6,13-16,20H,1,7-12,17-19H2,2-5H3,(H,29,32)(H,30,35)(H,31,34)/t20-,28-/m1/s1. The molecule has 2 rings (SSSR count). The Labute approximate surface area is 236 Å². The van der Waals surface area contributed by atoms with Crippen LogP contribution in [-0.4, -0.2) is 50.5 Å². The number of benzene rings is 1. The molecule has 0 aliphatic heterocycles. The molecule has 0 saturated heterocycles. The number of hydrogen-bond acceptors (Lipinski definition) is 8. The van der Waals surface area contributed by atoms with Crippen molar-refractivity contribution in [3.05, 3.63) is 36.9 Å². The molecule has 0 bridgehead atoms. The molecule has 0 aromatic heterocycles. The number of amides is 3. The van der Waals surface area contributed by atoms with Crippen molar-refractivity contribution in [1.29, 1.82) is 0 Å². The molecule has 1 aromatic carbocycles. The van der Waals surface area contributed by atoms with Crippen molar-refractivity contribution in [3.8, 4) is 0 Å². The number of nitrogens with one attached hydrogen (secondary N) is 3. The minimum atomic E-state index is -4.40. The zero-order valence-corrected chi connectivity index (χ0v) is 24.5. The van der Waals surface area contributed by atoms with Crippen molar-refractivity contribution >= 4 is 39.6 Å². The molecule has 1 fully saturated rings. The Morgan fingerprint density at radius 2 is 1.62 bits per heavy atom. The van der Waals surface area contributed by atoms with E-state index in [-0.39, 0.29) is 35.3 Å². The normalized spacial score (nSPS) is 18.2. The topological polar surface area (TPSA) is 157 Å². The molecule has 0 radical (unpaired) electrons. The van der Waals surface area contributed by atoms with E-state index in [2.05, 4.69) is 21.9 Å². The number of para-hydroxylation sites is 1. The van der Waals surface area contributed by atoms with E-state index in [4.69, 9.17) is 4.74 Å². The number of unbranched alkanes of at least 4 members (excludes halogenated alkanes) is 5. The van der Waals surface area contributed by atoms with Gasteiger partial charge in [-0.05, 0) is 52.2 Å². The van der Waals surface area contributed by atoms with Crippen LogP contribution in [0.1, 0.15) is 78.6 Å². The van der Waals surface area contributed by atoms with Crippen molar-refractivity contribution < 1.29 is 37.1 Å². The number of sulfonamides is 1. The lowest BCUT2D eigenvalue weighted by Crippen LogP contribution is -2.52. The number of alkyl carbamates (subject to hydrolysis) is 1. The largest absolute Gasteiger partial charge is 0.469 e. The van der Waals surface area contributed by atoms with Gasteiger partial charge in [0.1, 0.15) is 16.0 Å². The first-order chi connectivity index (χ1) is 18.7. The third kappa shape index (κ3) is 9.96. The molecule has 0 unspecified atom stereocenters. The summed E-state index contributed by atoms with van der Waals surface area (Å²) < 4.78 is 38.3. The second-order valence-electron chi connectivity index (χ2n) is 10.8. The molecule has 1 aromatic rings. The maximum atomic E-state index is 13.2. The summed E-state index contributed by atoms with van der Waals surface area (Å²) in [5.41, 5.74) is -2.27. The molecule has 3 N–H and O–H groups in total. The molecule has 2 atom stereocenters. The number of rotatable bonds is 15. The number of carbonyl (C=O) groups excluding carboxylic acids is 4. The van der Waals surface area contributed by atoms with Gasteiger partial charge in [0.25, 0.3) is 15.9 Å². The van der Waals surface area contributed by atoms with Crippen LogP contribution >= 0.6 is 0 Å². The third-order valence-electron chi connectivity index (χ3n) is 6.37. The molecule has 1 saturated carbocycles. The lowest BCUT2D eigenvalue weighted by Gasteiger charge is -2.23. The number of methoxy groups -OCH3 is 1. The van der Waals surface area contributed by atoms with E-state index in [9.17, 15) is 27.6 Å². The quantitative estimate of drug-likeness (QED) is 0.159. The van der Waals surface area contributed by atoms with E-state index in [0.717, 1.165) is 32.1 Å². The van der Waals surface area contributed by atoms with Gasteiger partial charge >= 0.3 is 12.1 Å². The summed E-state index contributed by atoms with van der Waals surface area (Å²) >= 11 is 0. The summed E-state index contributed by atoms with van der Waals surface area (Å²) in [4.78, 5) is 48.8. The third-order valence-corrected chi connectivity index (χ3v) is 7.76. The van der Waals surface area contributed by atoms with Gasteiger partial charge in [-0.2, -0.15) is 0 Å². The van der Waals surface area contributed by atoms with E-state index >= 15 is 0 Å². The molecular weight excluding hydrogens is 538 g/mol. The number of anilines is 1. The van der Waals surface area contributed by atoms with Crippen molar-refractivity contribution in [2.45, 2.75) is 94.6 Å². The van der Waals surface area contributed by atoms with E-state index < -0.39 is 39.1 Å². The van der Waals surface area contributed by atoms with Crippen LogP contribution < -0.4 is 15.4 Å². The zero-order valence-electron chi connectivity index (χ0n) is 23.7. The smallest absolute Gasteiger partial charge is 0.408 e. The molecule has 1 aliphatic rings. The predicted octanol–water partition coefficient (Wildman–Crippen LogP) is 4.19. The summed E-state index contributed by atoms with van der Waals surface area (Å²) in [6, 6.07) is 5.78. The highest BCUT2D eigenvalue weighted by Crippen LogP contribution is 2.45. The van der Waals surface area contributed by atoms with Gasteiger partial charge in [0, 0.05) is 18.8 Å². The highest BCUT2D eigenvalue weighted by atomic mass is 32.2. The number of carbonyl (C=O) groups is 4. The fourth-order valence-corrected chi connectivity index (χ4v) is 5.37. The lowest BCUT2D eigenvalue weighted by molar-refractivity contribution is -0.140. The number of hydrogen-bond donors (Lipinski definition) is 3. The van der Waals surface area contributed by atoms with Crippen LogP contribution in [0.4, 0.5) is 10.5 Å². The Balaban J connectivity index is 1.95. The van der Waals surface area contributed by atoms with Crippen LogP contribution in [0.2, 0.25) is 0 Å². The van der Waals surface area contributed by atoms with E-state index in [1.807, 2.05) is 4.72 Å². The van der Waals surface area contributed by atoms with Gasteiger partial charge in [-0.3, -0.25) is 14.4 Å². The number of esters is 1. The minimum absolute atomic E-state index is 0.0424. The molecule has 11 nitrogen and oxygen atoms in total. The summed E-state index contributed by atoms with van der Waals surface area (Å²) in [6.45, 7) is 8.66. The molecule has 3 amide bonds. The molecule has 1 aliphatic carbocycles. The molecule has 12 heteroatoms. The lowest BCUT2D eigenvalue weighted by atomic mass is 10.1. The Morgan fingerprint density at radius 3 is 2.20 bits per heavy atom. The van der Waals surface area contributed by atoms with E-state index in [1.165, 1.54) is 31.4 Å². The fourth-order valence-electron chi connectivity index (χ4n) is 4.17. The molecule has 0 spiro atoms. The fraction of sp³-hybridized carbons (Fsp3) is 0.571. The average molecular weight is 580 g/mol. The second kappa shape index (κ2) is 14.3. The first-order valence-electron chi connectivity index (χ1n) is 13.4. The second-order valence-corrected chi connectivity index (χ2v) is 12.5.